The molecule has 1 N–H and O–H groups in total. The van der Waals surface area contributed by atoms with Crippen LogP contribution in [0.3, 0.4) is 0 Å². The first-order valence-electron chi connectivity index (χ1n) is 10.4. The van der Waals surface area contributed by atoms with Crippen LogP contribution in [0.5, 0.6) is 0 Å². The first-order valence-corrected chi connectivity index (χ1v) is 13.2. The molecule has 0 bridgehead atoms. The summed E-state index contributed by atoms with van der Waals surface area (Å²) in [5, 5.41) is 20.5. The Hall–Kier alpha value is -3.25. The van der Waals surface area contributed by atoms with Gasteiger partial charge in [-0.25, -0.2) is 13.1 Å². The highest BCUT2D eigenvalue weighted by atomic mass is 35.5. The van der Waals surface area contributed by atoms with Gasteiger partial charge < -0.3 is 0 Å². The smallest absolute Gasteiger partial charge is 0.269 e. The van der Waals surface area contributed by atoms with E-state index < -0.39 is 14.9 Å². The lowest BCUT2D eigenvalue weighted by molar-refractivity contribution is -0.384. The number of nitro groups is 1. The minimum atomic E-state index is -3.95. The molecule has 0 radical (unpaired) electrons. The van der Waals surface area contributed by atoms with Crippen LogP contribution < -0.4 is 4.72 Å². The predicted molar refractivity (Wildman–Crippen MR) is 134 cm³/mol. The number of benzene rings is 3. The van der Waals surface area contributed by atoms with Gasteiger partial charge in [-0.15, -0.1) is 10.2 Å². The SMILES string of the molecule is Cc1ccc(Cl)cc1-n1c(CNS(=O)(=O)c2ccc([N+](=O)[O-])cc2)nnc1SCc1ccccc1. The van der Waals surface area contributed by atoms with Crippen molar-refractivity contribution in [1.82, 2.24) is 19.5 Å². The molecule has 9 nitrogen and oxygen atoms in total. The number of nitrogens with one attached hydrogen (secondary N) is 1. The second kappa shape index (κ2) is 10.6. The Kier molecular flexibility index (Phi) is 7.51. The van der Waals surface area contributed by atoms with Crippen LogP contribution in [-0.4, -0.2) is 28.1 Å². The van der Waals surface area contributed by atoms with Crippen molar-refractivity contribution in [2.24, 2.45) is 0 Å². The second-order valence-electron chi connectivity index (χ2n) is 7.51. The molecule has 0 aliphatic rings. The Balaban J connectivity index is 1.63. The highest BCUT2D eigenvalue weighted by molar-refractivity contribution is 7.98. The lowest BCUT2D eigenvalue weighted by Crippen LogP contribution is -2.25. The summed E-state index contributed by atoms with van der Waals surface area (Å²) in [5.74, 6) is 1.02. The number of non-ortho nitro benzene ring substituents is 1. The number of aromatic nitrogens is 3. The largest absolute Gasteiger partial charge is 0.273 e. The van der Waals surface area contributed by atoms with E-state index in [1.807, 2.05) is 43.3 Å². The molecule has 0 amide bonds. The number of sulfonamides is 1. The van der Waals surface area contributed by atoms with E-state index in [1.54, 1.807) is 16.7 Å². The Morgan fingerprint density at radius 3 is 2.46 bits per heavy atom. The molecule has 0 fully saturated rings. The number of aryl methyl sites for hydroxylation is 1. The van der Waals surface area contributed by atoms with Gasteiger partial charge in [0.1, 0.15) is 0 Å². The van der Waals surface area contributed by atoms with E-state index in [2.05, 4.69) is 14.9 Å². The van der Waals surface area contributed by atoms with Crippen molar-refractivity contribution < 1.29 is 13.3 Å². The highest BCUT2D eigenvalue weighted by Gasteiger charge is 2.21. The molecular weight excluding hydrogens is 510 g/mol. The number of nitro benzene ring substituents is 1. The molecule has 12 heteroatoms. The minimum absolute atomic E-state index is 0.0909. The van der Waals surface area contributed by atoms with E-state index in [0.717, 1.165) is 28.9 Å². The molecule has 0 atom stereocenters. The number of nitrogens with zero attached hydrogens (tertiary/aromatic N) is 4. The topological polar surface area (TPSA) is 120 Å². The van der Waals surface area contributed by atoms with Gasteiger partial charge in [0, 0.05) is 22.9 Å². The van der Waals surface area contributed by atoms with Gasteiger partial charge in [0.25, 0.3) is 5.69 Å². The summed E-state index contributed by atoms with van der Waals surface area (Å²) in [5.41, 5.74) is 2.56. The Bertz CT molecular complexity index is 1460. The molecule has 4 rings (SSSR count). The van der Waals surface area contributed by atoms with Crippen molar-refractivity contribution in [3.63, 3.8) is 0 Å². The summed E-state index contributed by atoms with van der Waals surface area (Å²) in [6, 6.07) is 20.0. The van der Waals surface area contributed by atoms with Crippen molar-refractivity contribution in [3.05, 3.63) is 105 Å². The maximum absolute atomic E-state index is 12.8. The average molecular weight is 530 g/mol. The maximum atomic E-state index is 12.8. The zero-order valence-corrected chi connectivity index (χ0v) is 20.8. The van der Waals surface area contributed by atoms with Crippen LogP contribution in [0.4, 0.5) is 5.69 Å². The minimum Gasteiger partial charge on any atom is -0.273 e. The summed E-state index contributed by atoms with van der Waals surface area (Å²) < 4.78 is 29.9. The Labute approximate surface area is 211 Å². The van der Waals surface area contributed by atoms with Crippen LogP contribution in [0.2, 0.25) is 5.02 Å². The van der Waals surface area contributed by atoms with Crippen molar-refractivity contribution in [2.75, 3.05) is 0 Å². The number of hydrogen-bond acceptors (Lipinski definition) is 7. The third-order valence-corrected chi connectivity index (χ3v) is 7.75. The molecule has 3 aromatic carbocycles. The van der Waals surface area contributed by atoms with Crippen LogP contribution >= 0.6 is 23.4 Å². The Morgan fingerprint density at radius 1 is 1.06 bits per heavy atom. The van der Waals surface area contributed by atoms with Crippen LogP contribution in [0.25, 0.3) is 5.69 Å². The lowest BCUT2D eigenvalue weighted by Gasteiger charge is -2.14. The molecule has 0 unspecified atom stereocenters. The number of hydrogen-bond donors (Lipinski definition) is 1. The van der Waals surface area contributed by atoms with Gasteiger partial charge in [-0.2, -0.15) is 0 Å². The molecule has 4 aromatic rings. The second-order valence-corrected chi connectivity index (χ2v) is 10.7. The van der Waals surface area contributed by atoms with E-state index in [-0.39, 0.29) is 17.1 Å². The third kappa shape index (κ3) is 5.88. The first kappa shape index (κ1) is 24.9. The van der Waals surface area contributed by atoms with Crippen molar-refractivity contribution in [2.45, 2.75) is 29.3 Å². The van der Waals surface area contributed by atoms with Crippen LogP contribution in [0.15, 0.2) is 82.8 Å². The summed E-state index contributed by atoms with van der Waals surface area (Å²) in [6.07, 6.45) is 0. The normalized spacial score (nSPS) is 11.5. The molecule has 180 valence electrons. The quantitative estimate of drug-likeness (QED) is 0.186. The van der Waals surface area contributed by atoms with Crippen molar-refractivity contribution in [3.8, 4) is 5.69 Å². The zero-order chi connectivity index (χ0) is 25.0. The lowest BCUT2D eigenvalue weighted by atomic mass is 10.2. The predicted octanol–water partition coefficient (Wildman–Crippen LogP) is 4.91. The summed E-state index contributed by atoms with van der Waals surface area (Å²) in [7, 11) is -3.95. The Morgan fingerprint density at radius 2 is 1.77 bits per heavy atom. The van der Waals surface area contributed by atoms with E-state index in [0.29, 0.717) is 21.8 Å². The van der Waals surface area contributed by atoms with Crippen LogP contribution in [-0.2, 0) is 22.3 Å². The van der Waals surface area contributed by atoms with Gasteiger partial charge >= 0.3 is 0 Å². The first-order chi connectivity index (χ1) is 16.7. The fourth-order valence-corrected chi connectivity index (χ4v) is 5.35. The van der Waals surface area contributed by atoms with Gasteiger partial charge in [0.05, 0.1) is 22.1 Å². The number of rotatable bonds is 9. The third-order valence-electron chi connectivity index (χ3n) is 5.10. The molecule has 1 heterocycles. The molecular formula is C23H20ClN5O4S2. The van der Waals surface area contributed by atoms with E-state index >= 15 is 0 Å². The zero-order valence-electron chi connectivity index (χ0n) is 18.5. The summed E-state index contributed by atoms with van der Waals surface area (Å²) in [4.78, 5) is 10.2. The molecule has 0 saturated carbocycles. The van der Waals surface area contributed by atoms with Crippen LogP contribution in [0.1, 0.15) is 17.0 Å². The van der Waals surface area contributed by atoms with Gasteiger partial charge in [0.2, 0.25) is 10.0 Å². The van der Waals surface area contributed by atoms with Gasteiger partial charge in [0.15, 0.2) is 11.0 Å². The fraction of sp³-hybridized carbons (Fsp3) is 0.130. The van der Waals surface area contributed by atoms with Gasteiger partial charge in [-0.1, -0.05) is 59.8 Å². The fourth-order valence-electron chi connectivity index (χ4n) is 3.29. The standard InChI is InChI=1S/C23H20ClN5O4S2/c1-16-7-8-18(24)13-21(16)28-22(26-27-23(28)34-15-17-5-3-2-4-6-17)14-25-35(32,33)20-11-9-19(10-12-20)29(30)31/h2-13,25H,14-15H2,1H3. The summed E-state index contributed by atoms with van der Waals surface area (Å²) >= 11 is 7.73. The number of thioether (sulfide) groups is 1. The molecule has 0 aliphatic heterocycles. The van der Waals surface area contributed by atoms with Gasteiger partial charge in [-0.3, -0.25) is 14.7 Å². The van der Waals surface area contributed by atoms with E-state index in [9.17, 15) is 18.5 Å². The van der Waals surface area contributed by atoms with Gasteiger partial charge in [-0.05, 0) is 42.3 Å². The highest BCUT2D eigenvalue weighted by Crippen LogP contribution is 2.28. The van der Waals surface area contributed by atoms with E-state index in [1.165, 1.54) is 23.9 Å². The molecule has 1 aromatic heterocycles. The monoisotopic (exact) mass is 529 g/mol. The molecule has 0 spiro atoms. The number of halogens is 1. The maximum Gasteiger partial charge on any atom is 0.269 e. The summed E-state index contributed by atoms with van der Waals surface area (Å²) in [6.45, 7) is 1.77. The van der Waals surface area contributed by atoms with E-state index in [4.69, 9.17) is 11.6 Å². The molecule has 0 aliphatic carbocycles. The van der Waals surface area contributed by atoms with Crippen molar-refractivity contribution in [1.29, 1.82) is 0 Å². The average Bonchev–Trinajstić information content (AvgIpc) is 3.26. The van der Waals surface area contributed by atoms with Crippen LogP contribution in [0, 0.1) is 17.0 Å². The van der Waals surface area contributed by atoms with Crippen molar-refractivity contribution >= 4 is 39.1 Å². The molecule has 0 saturated heterocycles. The molecule has 35 heavy (non-hydrogen) atoms.